The van der Waals surface area contributed by atoms with Crippen LogP contribution in [0.1, 0.15) is 13.8 Å². The Morgan fingerprint density at radius 1 is 1.24 bits per heavy atom. The van der Waals surface area contributed by atoms with E-state index in [1.807, 2.05) is 13.8 Å². The third-order valence-electron chi connectivity index (χ3n) is 2.57. The average molecular weight is 349 g/mol. The molecule has 0 atom stereocenters. The molecule has 0 aliphatic heterocycles. The van der Waals surface area contributed by atoms with Crippen LogP contribution in [0.4, 0.5) is 0 Å². The maximum atomic E-state index is 11.7. The van der Waals surface area contributed by atoms with Gasteiger partial charge in [-0.15, -0.1) is 0 Å². The fraction of sp³-hybridized carbons (Fsp3) is 0.308. The molecule has 0 saturated heterocycles. The molecule has 0 amide bonds. The Labute approximate surface area is 133 Å². The molecule has 0 radical (unpaired) electrons. The minimum atomic E-state index is -3.46. The second-order valence-corrected chi connectivity index (χ2v) is 7.42. The first-order valence-corrected chi connectivity index (χ1v) is 8.70. The summed E-state index contributed by atoms with van der Waals surface area (Å²) < 4.78 is 30.0. The zero-order chi connectivity index (χ0) is 15.8. The number of ether oxygens (including phenoxy) is 1. The van der Waals surface area contributed by atoms with Crippen molar-refractivity contribution in [1.82, 2.24) is 8.96 Å². The van der Waals surface area contributed by atoms with E-state index in [-0.39, 0.29) is 11.9 Å². The van der Waals surface area contributed by atoms with Gasteiger partial charge in [0.15, 0.2) is 11.6 Å². The molecule has 8 heteroatoms. The van der Waals surface area contributed by atoms with E-state index in [1.54, 1.807) is 12.1 Å². The number of benzene rings is 1. The first kappa shape index (κ1) is 16.1. The summed E-state index contributed by atoms with van der Waals surface area (Å²) in [4.78, 5) is 4.05. The van der Waals surface area contributed by atoms with Gasteiger partial charge in [-0.05, 0) is 26.0 Å². The second-order valence-electron chi connectivity index (χ2n) is 4.75. The van der Waals surface area contributed by atoms with Crippen molar-refractivity contribution in [2.24, 2.45) is 0 Å². The van der Waals surface area contributed by atoms with Crippen LogP contribution in [0.5, 0.6) is 5.75 Å². The molecule has 0 bridgehead atoms. The van der Waals surface area contributed by atoms with Gasteiger partial charge in [-0.1, -0.05) is 23.2 Å². The lowest BCUT2D eigenvalue weighted by Crippen LogP contribution is -2.10. The quantitative estimate of drug-likeness (QED) is 0.848. The molecular formula is C13H14Cl2N2O3S. The molecule has 1 aromatic carbocycles. The lowest BCUT2D eigenvalue weighted by atomic mass is 10.2. The van der Waals surface area contributed by atoms with Gasteiger partial charge in [-0.2, -0.15) is 0 Å². The molecule has 2 rings (SSSR count). The number of halogens is 2. The van der Waals surface area contributed by atoms with Gasteiger partial charge in [-0.25, -0.2) is 17.4 Å². The third kappa shape index (κ3) is 3.51. The second kappa shape index (κ2) is 5.87. The molecule has 1 aromatic heterocycles. The van der Waals surface area contributed by atoms with E-state index >= 15 is 0 Å². The predicted octanol–water partition coefficient (Wildman–Crippen LogP) is 3.45. The molecule has 2 aromatic rings. The standard InChI is InChI=1S/C13H14Cl2N2O3S/c1-8(2)20-12-10(14)6-9(7-11(12)15)13-16-4-5-17(13)21(3,18)19/h4-8H,1-3H3. The highest BCUT2D eigenvalue weighted by Crippen LogP contribution is 2.37. The number of imidazole rings is 1. The van der Waals surface area contributed by atoms with Crippen LogP contribution in [0, 0.1) is 0 Å². The fourth-order valence-electron chi connectivity index (χ4n) is 1.80. The van der Waals surface area contributed by atoms with Crippen molar-refractivity contribution in [3.05, 3.63) is 34.6 Å². The molecule has 0 saturated carbocycles. The molecule has 0 aliphatic rings. The van der Waals surface area contributed by atoms with Crippen LogP contribution in [0.3, 0.4) is 0 Å². The molecule has 114 valence electrons. The summed E-state index contributed by atoms with van der Waals surface area (Å²) in [5, 5.41) is 0.600. The van der Waals surface area contributed by atoms with E-state index in [0.29, 0.717) is 21.4 Å². The summed E-state index contributed by atoms with van der Waals surface area (Å²) in [7, 11) is -3.46. The van der Waals surface area contributed by atoms with Gasteiger partial charge in [0.1, 0.15) is 0 Å². The minimum Gasteiger partial charge on any atom is -0.488 e. The highest BCUT2D eigenvalue weighted by molar-refractivity contribution is 7.89. The van der Waals surface area contributed by atoms with Crippen molar-refractivity contribution in [3.8, 4) is 17.1 Å². The molecule has 0 N–H and O–H groups in total. The van der Waals surface area contributed by atoms with Gasteiger partial charge in [0, 0.05) is 18.0 Å². The first-order chi connectivity index (χ1) is 9.70. The van der Waals surface area contributed by atoms with E-state index in [4.69, 9.17) is 27.9 Å². The fourth-order valence-corrected chi connectivity index (χ4v) is 3.12. The van der Waals surface area contributed by atoms with Crippen molar-refractivity contribution >= 4 is 33.2 Å². The molecule has 0 aliphatic carbocycles. The van der Waals surface area contributed by atoms with E-state index in [9.17, 15) is 8.42 Å². The summed E-state index contributed by atoms with van der Waals surface area (Å²) in [6.45, 7) is 3.72. The van der Waals surface area contributed by atoms with Gasteiger partial charge in [0.05, 0.1) is 22.4 Å². The Bertz CT molecular complexity index is 746. The van der Waals surface area contributed by atoms with Crippen molar-refractivity contribution in [2.45, 2.75) is 20.0 Å². The normalized spacial score (nSPS) is 11.9. The maximum absolute atomic E-state index is 11.7. The van der Waals surface area contributed by atoms with Crippen molar-refractivity contribution < 1.29 is 13.2 Å². The van der Waals surface area contributed by atoms with E-state index in [2.05, 4.69) is 4.98 Å². The van der Waals surface area contributed by atoms with Gasteiger partial charge in [0.25, 0.3) is 0 Å². The summed E-state index contributed by atoms with van der Waals surface area (Å²) in [6, 6.07) is 3.16. The number of hydrogen-bond acceptors (Lipinski definition) is 4. The van der Waals surface area contributed by atoms with Crippen molar-refractivity contribution in [3.63, 3.8) is 0 Å². The first-order valence-electron chi connectivity index (χ1n) is 6.10. The average Bonchev–Trinajstić information content (AvgIpc) is 2.82. The third-order valence-corrected chi connectivity index (χ3v) is 4.15. The van der Waals surface area contributed by atoms with E-state index in [0.717, 1.165) is 10.2 Å². The lowest BCUT2D eigenvalue weighted by molar-refractivity contribution is 0.243. The lowest BCUT2D eigenvalue weighted by Gasteiger charge is -2.14. The van der Waals surface area contributed by atoms with Gasteiger partial charge in [0.2, 0.25) is 10.0 Å². The Morgan fingerprint density at radius 2 is 1.81 bits per heavy atom. The Hall–Kier alpha value is -1.24. The highest BCUT2D eigenvalue weighted by atomic mass is 35.5. The van der Waals surface area contributed by atoms with Crippen LogP contribution in [-0.2, 0) is 10.0 Å². The van der Waals surface area contributed by atoms with Gasteiger partial charge in [-0.3, -0.25) is 0 Å². The van der Waals surface area contributed by atoms with Crippen molar-refractivity contribution in [2.75, 3.05) is 6.26 Å². The smallest absolute Gasteiger partial charge is 0.237 e. The molecule has 1 heterocycles. The van der Waals surface area contributed by atoms with Crippen LogP contribution in [-0.4, -0.2) is 29.7 Å². The number of hydrogen-bond donors (Lipinski definition) is 0. The van der Waals surface area contributed by atoms with E-state index < -0.39 is 10.0 Å². The van der Waals surface area contributed by atoms with Crippen LogP contribution in [0.2, 0.25) is 10.0 Å². The largest absolute Gasteiger partial charge is 0.488 e. The zero-order valence-corrected chi connectivity index (χ0v) is 14.0. The topological polar surface area (TPSA) is 61.2 Å². The maximum Gasteiger partial charge on any atom is 0.237 e. The zero-order valence-electron chi connectivity index (χ0n) is 11.7. The van der Waals surface area contributed by atoms with Gasteiger partial charge < -0.3 is 4.74 Å². The number of nitrogens with zero attached hydrogens (tertiary/aromatic N) is 2. The summed E-state index contributed by atoms with van der Waals surface area (Å²) in [5.41, 5.74) is 0.497. The summed E-state index contributed by atoms with van der Waals surface area (Å²) in [6.07, 6.45) is 3.78. The Morgan fingerprint density at radius 3 is 2.29 bits per heavy atom. The summed E-state index contributed by atoms with van der Waals surface area (Å²) in [5.74, 6) is 0.618. The summed E-state index contributed by atoms with van der Waals surface area (Å²) >= 11 is 12.3. The molecule has 0 fully saturated rings. The molecule has 5 nitrogen and oxygen atoms in total. The van der Waals surface area contributed by atoms with Crippen LogP contribution in [0.25, 0.3) is 11.4 Å². The molecule has 0 unspecified atom stereocenters. The monoisotopic (exact) mass is 348 g/mol. The molecule has 0 spiro atoms. The van der Waals surface area contributed by atoms with Gasteiger partial charge >= 0.3 is 0 Å². The van der Waals surface area contributed by atoms with Crippen molar-refractivity contribution in [1.29, 1.82) is 0 Å². The number of rotatable bonds is 4. The minimum absolute atomic E-state index is 0.0798. The highest BCUT2D eigenvalue weighted by Gasteiger charge is 2.17. The van der Waals surface area contributed by atoms with Crippen LogP contribution in [0.15, 0.2) is 24.5 Å². The molecular weight excluding hydrogens is 335 g/mol. The SMILES string of the molecule is CC(C)Oc1c(Cl)cc(-c2nccn2S(C)(=O)=O)cc1Cl. The molecule has 21 heavy (non-hydrogen) atoms. The predicted molar refractivity (Wildman–Crippen MR) is 83.7 cm³/mol. The van der Waals surface area contributed by atoms with Crippen LogP contribution >= 0.6 is 23.2 Å². The van der Waals surface area contributed by atoms with E-state index in [1.165, 1.54) is 12.4 Å². The Kier molecular flexibility index (Phi) is 4.51. The number of aromatic nitrogens is 2. The Balaban J connectivity index is 2.55. The van der Waals surface area contributed by atoms with Crippen LogP contribution < -0.4 is 4.74 Å².